The summed E-state index contributed by atoms with van der Waals surface area (Å²) in [6.45, 7) is 2.27. The number of para-hydroxylation sites is 1. The number of phenolic OH excluding ortho intramolecular Hbond substituents is 1. The van der Waals surface area contributed by atoms with Crippen LogP contribution in [0, 0.1) is 0 Å². The number of aliphatic carboxylic acids is 1. The molecule has 1 heterocycles. The summed E-state index contributed by atoms with van der Waals surface area (Å²) in [4.78, 5) is 12.8. The molecule has 98 valence electrons. The predicted molar refractivity (Wildman–Crippen MR) is 65.4 cm³/mol. The van der Waals surface area contributed by atoms with E-state index in [-0.39, 0.29) is 18.2 Å². The van der Waals surface area contributed by atoms with E-state index in [1.165, 1.54) is 0 Å². The Morgan fingerprint density at radius 3 is 2.94 bits per heavy atom. The average molecular weight is 251 g/mol. The van der Waals surface area contributed by atoms with Crippen LogP contribution in [0.5, 0.6) is 5.75 Å². The van der Waals surface area contributed by atoms with E-state index in [1.807, 2.05) is 17.0 Å². The molecule has 0 spiro atoms. The number of carbonyl (C=O) groups is 1. The first-order chi connectivity index (χ1) is 8.66. The van der Waals surface area contributed by atoms with Crippen LogP contribution in [-0.4, -0.2) is 46.9 Å². The van der Waals surface area contributed by atoms with Gasteiger partial charge in [0.15, 0.2) is 0 Å². The summed E-state index contributed by atoms with van der Waals surface area (Å²) >= 11 is 0. The number of aromatic hydroxyl groups is 1. The van der Waals surface area contributed by atoms with E-state index in [4.69, 9.17) is 9.84 Å². The fourth-order valence-electron chi connectivity index (χ4n) is 2.15. The molecule has 1 aliphatic heterocycles. The van der Waals surface area contributed by atoms with Crippen LogP contribution in [0.3, 0.4) is 0 Å². The summed E-state index contributed by atoms with van der Waals surface area (Å²) < 4.78 is 5.31. The predicted octanol–water partition coefficient (Wildman–Crippen LogP) is 1.07. The first-order valence-electron chi connectivity index (χ1n) is 5.97. The highest BCUT2D eigenvalue weighted by Gasteiger charge is 2.25. The summed E-state index contributed by atoms with van der Waals surface area (Å²) in [7, 11) is 0. The van der Waals surface area contributed by atoms with Gasteiger partial charge in [0.25, 0.3) is 0 Å². The standard InChI is InChI=1S/C13H17NO4/c15-12-4-2-1-3-10(12)8-14-5-6-18-9-11(14)7-13(16)17/h1-4,11,15H,5-9H2,(H,16,17). The van der Waals surface area contributed by atoms with Crippen LogP contribution in [0.25, 0.3) is 0 Å². The Morgan fingerprint density at radius 2 is 2.22 bits per heavy atom. The van der Waals surface area contributed by atoms with E-state index >= 15 is 0 Å². The first-order valence-corrected chi connectivity index (χ1v) is 5.97. The monoisotopic (exact) mass is 251 g/mol. The molecule has 0 radical (unpaired) electrons. The SMILES string of the molecule is O=C(O)CC1COCCN1Cc1ccccc1O. The molecule has 0 aliphatic carbocycles. The first kappa shape index (κ1) is 12.9. The smallest absolute Gasteiger partial charge is 0.305 e. The zero-order valence-electron chi connectivity index (χ0n) is 10.1. The number of rotatable bonds is 4. The molecule has 0 saturated carbocycles. The van der Waals surface area contributed by atoms with Gasteiger partial charge in [-0.25, -0.2) is 0 Å². The molecular formula is C13H17NO4. The topological polar surface area (TPSA) is 70.0 Å². The van der Waals surface area contributed by atoms with Crippen molar-refractivity contribution in [3.05, 3.63) is 29.8 Å². The number of carboxylic acids is 1. The van der Waals surface area contributed by atoms with Gasteiger partial charge < -0.3 is 14.9 Å². The fraction of sp³-hybridized carbons (Fsp3) is 0.462. The van der Waals surface area contributed by atoms with Gasteiger partial charge in [-0.3, -0.25) is 9.69 Å². The van der Waals surface area contributed by atoms with Gasteiger partial charge in [0.05, 0.1) is 19.6 Å². The lowest BCUT2D eigenvalue weighted by molar-refractivity contribution is -0.140. The van der Waals surface area contributed by atoms with E-state index in [1.54, 1.807) is 12.1 Å². The number of ether oxygens (including phenoxy) is 1. The van der Waals surface area contributed by atoms with E-state index in [0.29, 0.717) is 26.3 Å². The molecule has 5 nitrogen and oxygen atoms in total. The van der Waals surface area contributed by atoms with E-state index < -0.39 is 5.97 Å². The van der Waals surface area contributed by atoms with Crippen molar-refractivity contribution in [3.63, 3.8) is 0 Å². The van der Waals surface area contributed by atoms with E-state index in [0.717, 1.165) is 5.56 Å². The number of benzene rings is 1. The van der Waals surface area contributed by atoms with E-state index in [9.17, 15) is 9.90 Å². The second kappa shape index (κ2) is 5.84. The molecule has 0 bridgehead atoms. The number of carboxylic acid groups (broad SMARTS) is 1. The van der Waals surface area contributed by atoms with Gasteiger partial charge in [-0.2, -0.15) is 0 Å². The van der Waals surface area contributed by atoms with E-state index in [2.05, 4.69) is 0 Å². The maximum absolute atomic E-state index is 10.8. The third-order valence-electron chi connectivity index (χ3n) is 3.12. The van der Waals surface area contributed by atoms with Gasteiger partial charge in [0, 0.05) is 24.7 Å². The highest BCUT2D eigenvalue weighted by atomic mass is 16.5. The third-order valence-corrected chi connectivity index (χ3v) is 3.12. The minimum atomic E-state index is -0.826. The summed E-state index contributed by atoms with van der Waals surface area (Å²) in [6.07, 6.45) is 0.0631. The molecule has 18 heavy (non-hydrogen) atoms. The number of hydrogen-bond acceptors (Lipinski definition) is 4. The minimum absolute atomic E-state index is 0.0631. The second-order valence-electron chi connectivity index (χ2n) is 4.43. The number of phenols is 1. The summed E-state index contributed by atoms with van der Waals surface area (Å²) in [5.41, 5.74) is 0.815. The Bertz CT molecular complexity index is 421. The molecule has 1 unspecified atom stereocenters. The summed E-state index contributed by atoms with van der Waals surface area (Å²) in [5.74, 6) is -0.578. The largest absolute Gasteiger partial charge is 0.508 e. The van der Waals surface area contributed by atoms with Crippen LogP contribution in [0.2, 0.25) is 0 Å². The van der Waals surface area contributed by atoms with Crippen molar-refractivity contribution in [1.82, 2.24) is 4.90 Å². The summed E-state index contributed by atoms with van der Waals surface area (Å²) in [6, 6.07) is 7.00. The fourth-order valence-corrected chi connectivity index (χ4v) is 2.15. The number of morpholine rings is 1. The molecule has 2 N–H and O–H groups in total. The maximum Gasteiger partial charge on any atom is 0.305 e. The van der Waals surface area contributed by atoms with Crippen molar-refractivity contribution in [1.29, 1.82) is 0 Å². The highest BCUT2D eigenvalue weighted by Crippen LogP contribution is 2.21. The molecule has 1 fully saturated rings. The molecule has 1 aromatic rings. The van der Waals surface area contributed by atoms with Crippen LogP contribution in [0.1, 0.15) is 12.0 Å². The van der Waals surface area contributed by atoms with Crippen molar-refractivity contribution in [2.75, 3.05) is 19.8 Å². The number of hydrogen-bond donors (Lipinski definition) is 2. The van der Waals surface area contributed by atoms with Gasteiger partial charge in [-0.15, -0.1) is 0 Å². The Balaban J connectivity index is 2.05. The Kier molecular flexibility index (Phi) is 4.17. The molecule has 2 rings (SSSR count). The maximum atomic E-state index is 10.8. The van der Waals surface area contributed by atoms with Crippen LogP contribution in [-0.2, 0) is 16.1 Å². The Labute approximate surface area is 106 Å². The van der Waals surface area contributed by atoms with Crippen LogP contribution >= 0.6 is 0 Å². The average Bonchev–Trinajstić information content (AvgIpc) is 2.34. The van der Waals surface area contributed by atoms with Gasteiger partial charge in [0.1, 0.15) is 5.75 Å². The quantitative estimate of drug-likeness (QED) is 0.837. The molecule has 1 aliphatic rings. The van der Waals surface area contributed by atoms with Crippen molar-refractivity contribution >= 4 is 5.97 Å². The minimum Gasteiger partial charge on any atom is -0.508 e. The molecular weight excluding hydrogens is 234 g/mol. The lowest BCUT2D eigenvalue weighted by Crippen LogP contribution is -2.45. The third kappa shape index (κ3) is 3.21. The second-order valence-corrected chi connectivity index (χ2v) is 4.43. The van der Waals surface area contributed by atoms with Gasteiger partial charge in [-0.1, -0.05) is 18.2 Å². The van der Waals surface area contributed by atoms with Crippen molar-refractivity contribution in [2.24, 2.45) is 0 Å². The van der Waals surface area contributed by atoms with Crippen LogP contribution < -0.4 is 0 Å². The zero-order chi connectivity index (χ0) is 13.0. The van der Waals surface area contributed by atoms with Gasteiger partial charge >= 0.3 is 5.97 Å². The van der Waals surface area contributed by atoms with Crippen molar-refractivity contribution in [2.45, 2.75) is 19.0 Å². The van der Waals surface area contributed by atoms with Crippen LogP contribution in [0.15, 0.2) is 24.3 Å². The molecule has 1 saturated heterocycles. The lowest BCUT2D eigenvalue weighted by Gasteiger charge is -2.34. The lowest BCUT2D eigenvalue weighted by atomic mass is 10.1. The van der Waals surface area contributed by atoms with Crippen LogP contribution in [0.4, 0.5) is 0 Å². The summed E-state index contributed by atoms with van der Waals surface area (Å²) in [5, 5.41) is 18.6. The molecule has 1 aromatic carbocycles. The molecule has 1 atom stereocenters. The van der Waals surface area contributed by atoms with Gasteiger partial charge in [0.2, 0.25) is 0 Å². The van der Waals surface area contributed by atoms with Crippen molar-refractivity contribution < 1.29 is 19.7 Å². The van der Waals surface area contributed by atoms with Gasteiger partial charge in [-0.05, 0) is 6.07 Å². The Hall–Kier alpha value is -1.59. The molecule has 0 amide bonds. The number of nitrogens with zero attached hydrogens (tertiary/aromatic N) is 1. The Morgan fingerprint density at radius 1 is 1.44 bits per heavy atom. The van der Waals surface area contributed by atoms with Crippen molar-refractivity contribution in [3.8, 4) is 5.75 Å². The normalized spacial score (nSPS) is 20.8. The zero-order valence-corrected chi connectivity index (χ0v) is 10.1. The molecule has 5 heteroatoms. The molecule has 0 aromatic heterocycles. The highest BCUT2D eigenvalue weighted by molar-refractivity contribution is 5.67.